The Morgan fingerprint density at radius 3 is 2.33 bits per heavy atom. The second-order valence-electron chi connectivity index (χ2n) is 13.1. The summed E-state index contributed by atoms with van der Waals surface area (Å²) in [5.74, 6) is -1.08. The molecule has 15 heteroatoms. The third-order valence-corrected chi connectivity index (χ3v) is 9.63. The van der Waals surface area contributed by atoms with E-state index in [1.165, 1.54) is 14.7 Å². The maximum atomic E-state index is 14.0. The molecule has 234 valence electrons. The molecule has 43 heavy (non-hydrogen) atoms. The van der Waals surface area contributed by atoms with Gasteiger partial charge >= 0.3 is 18.4 Å². The fourth-order valence-electron chi connectivity index (χ4n) is 6.97. The summed E-state index contributed by atoms with van der Waals surface area (Å²) in [5, 5.41) is 0.0194. The molecule has 4 saturated heterocycles. The molecule has 2 aromatic rings. The lowest BCUT2D eigenvalue weighted by atomic mass is 9.70. The molecule has 0 N–H and O–H groups in total. The monoisotopic (exact) mass is 632 g/mol. The Kier molecular flexibility index (Phi) is 6.76. The molecule has 1 spiro atoms. The molecule has 0 aromatic carbocycles. The fourth-order valence-corrected chi connectivity index (χ4v) is 8.00. The van der Waals surface area contributed by atoms with Crippen LogP contribution in [0.15, 0.2) is 12.3 Å². The van der Waals surface area contributed by atoms with Crippen molar-refractivity contribution in [3.05, 3.63) is 22.7 Å². The number of likely N-dealkylation sites (tertiary alicyclic amines) is 1. The summed E-state index contributed by atoms with van der Waals surface area (Å²) in [7, 11) is 0. The van der Waals surface area contributed by atoms with E-state index >= 15 is 0 Å². The smallest absolute Gasteiger partial charge is 0.419 e. The first-order valence-corrected chi connectivity index (χ1v) is 14.8. The van der Waals surface area contributed by atoms with Crippen molar-refractivity contribution in [2.45, 2.75) is 76.5 Å². The molecule has 7 rings (SSSR count). The number of aromatic nitrogens is 1. The van der Waals surface area contributed by atoms with E-state index in [1.54, 1.807) is 20.8 Å². The van der Waals surface area contributed by atoms with Crippen molar-refractivity contribution < 1.29 is 45.5 Å². The topological polar surface area (TPSA) is 83.0 Å². The van der Waals surface area contributed by atoms with Gasteiger partial charge in [-0.15, -0.1) is 11.3 Å². The SMILES string of the molecule is CC(C)(C)OC(=O)N1[C@H]2CC[C@H](C(=O)C2)[C@@H]1C(=O)N1CC2(C1)CN(c1c(C(F)(F)F)cnc3sc(CC(F)(F)F)cc13)C2. The number of halogens is 6. The summed E-state index contributed by atoms with van der Waals surface area (Å²) in [6.07, 6.45) is -9.30. The number of anilines is 1. The molecular formula is C28H30F6N4O4S. The van der Waals surface area contributed by atoms with Crippen LogP contribution in [-0.4, -0.2) is 82.6 Å². The van der Waals surface area contributed by atoms with Gasteiger partial charge in [-0.05, 0) is 39.7 Å². The van der Waals surface area contributed by atoms with Gasteiger partial charge in [0.25, 0.3) is 0 Å². The number of alkyl halides is 6. The highest BCUT2D eigenvalue weighted by Gasteiger charge is 2.59. The lowest BCUT2D eigenvalue weighted by Crippen LogP contribution is -2.76. The molecule has 0 radical (unpaired) electrons. The maximum Gasteiger partial charge on any atom is 0.419 e. The van der Waals surface area contributed by atoms with Gasteiger partial charge in [0.2, 0.25) is 5.91 Å². The van der Waals surface area contributed by atoms with Crippen molar-refractivity contribution in [3.63, 3.8) is 0 Å². The lowest BCUT2D eigenvalue weighted by Gasteiger charge is -2.62. The van der Waals surface area contributed by atoms with Gasteiger partial charge in [-0.2, -0.15) is 26.3 Å². The average molecular weight is 633 g/mol. The van der Waals surface area contributed by atoms with E-state index in [1.807, 2.05) is 0 Å². The molecule has 2 bridgehead atoms. The Balaban J connectivity index is 1.20. The van der Waals surface area contributed by atoms with E-state index in [0.29, 0.717) is 30.4 Å². The number of fused-ring (bicyclic) bond motifs is 4. The fraction of sp³-hybridized carbons (Fsp3) is 0.643. The molecule has 0 unspecified atom stereocenters. The standard InChI is InChI=1S/C28H30F6N4O4S/c1-25(2,3)42-24(41)38-14-4-5-16(19(39)6-14)21(38)23(40)37-12-26(13-37)10-36(11-26)20-17-7-15(8-27(29,30)31)43-22(17)35-9-18(20)28(32,33)34/h7,9,14,16,21H,4-6,8,10-13H2,1-3H3/t14-,16+,21+/m0/s1. The van der Waals surface area contributed by atoms with Crippen LogP contribution >= 0.6 is 11.3 Å². The van der Waals surface area contributed by atoms with Gasteiger partial charge in [-0.1, -0.05) is 0 Å². The Morgan fingerprint density at radius 1 is 1.07 bits per heavy atom. The molecule has 4 aliphatic heterocycles. The molecule has 2 amide bonds. The molecule has 5 aliphatic rings. The van der Waals surface area contributed by atoms with E-state index in [9.17, 15) is 40.7 Å². The lowest BCUT2D eigenvalue weighted by molar-refractivity contribution is -0.163. The van der Waals surface area contributed by atoms with Crippen molar-refractivity contribution in [2.75, 3.05) is 31.1 Å². The van der Waals surface area contributed by atoms with Crippen molar-refractivity contribution in [2.24, 2.45) is 11.3 Å². The molecule has 8 nitrogen and oxygen atoms in total. The van der Waals surface area contributed by atoms with Crippen LogP contribution in [-0.2, 0) is 26.9 Å². The minimum atomic E-state index is -4.77. The van der Waals surface area contributed by atoms with E-state index in [0.717, 1.165) is 6.07 Å². The Labute approximate surface area is 246 Å². The second-order valence-corrected chi connectivity index (χ2v) is 14.2. The molecule has 5 fully saturated rings. The highest BCUT2D eigenvalue weighted by molar-refractivity contribution is 7.18. The number of carbonyl (C=O) groups is 3. The van der Waals surface area contributed by atoms with Gasteiger partial charge in [0.15, 0.2) is 0 Å². The number of nitrogens with zero attached hydrogens (tertiary/aromatic N) is 4. The van der Waals surface area contributed by atoms with E-state index in [4.69, 9.17) is 4.74 Å². The van der Waals surface area contributed by atoms with Crippen LogP contribution in [0.25, 0.3) is 10.2 Å². The number of pyridine rings is 1. The largest absolute Gasteiger partial charge is 0.444 e. The number of Topliss-reactive ketones (excluding diaryl/α,β-unsaturated/α-hetero) is 1. The number of piperidine rings is 2. The molecule has 6 heterocycles. The van der Waals surface area contributed by atoms with E-state index in [-0.39, 0.29) is 65.1 Å². The first kappa shape index (κ1) is 29.9. The highest BCUT2D eigenvalue weighted by Crippen LogP contribution is 2.50. The Morgan fingerprint density at radius 2 is 1.74 bits per heavy atom. The van der Waals surface area contributed by atoms with Crippen molar-refractivity contribution in [1.29, 1.82) is 0 Å². The van der Waals surface area contributed by atoms with Gasteiger partial charge in [-0.25, -0.2) is 9.78 Å². The summed E-state index contributed by atoms with van der Waals surface area (Å²) >= 11 is 0.713. The van der Waals surface area contributed by atoms with Gasteiger partial charge < -0.3 is 14.5 Å². The molecule has 2 aromatic heterocycles. The van der Waals surface area contributed by atoms with Crippen LogP contribution in [0.5, 0.6) is 0 Å². The maximum absolute atomic E-state index is 14.0. The average Bonchev–Trinajstić information content (AvgIpc) is 3.20. The van der Waals surface area contributed by atoms with Crippen LogP contribution in [0.1, 0.15) is 50.5 Å². The van der Waals surface area contributed by atoms with Crippen molar-refractivity contribution in [1.82, 2.24) is 14.8 Å². The van der Waals surface area contributed by atoms with Gasteiger partial charge in [0.05, 0.1) is 17.7 Å². The van der Waals surface area contributed by atoms with E-state index < -0.39 is 59.4 Å². The molecule has 1 aliphatic carbocycles. The minimum Gasteiger partial charge on any atom is -0.444 e. The van der Waals surface area contributed by atoms with Crippen molar-refractivity contribution >= 4 is 45.0 Å². The quantitative estimate of drug-likeness (QED) is 0.420. The number of rotatable bonds is 3. The number of ketones is 1. The molecule has 3 atom stereocenters. The van der Waals surface area contributed by atoms with E-state index in [2.05, 4.69) is 4.98 Å². The molecular weight excluding hydrogens is 602 g/mol. The van der Waals surface area contributed by atoms with Gasteiger partial charge in [0.1, 0.15) is 22.3 Å². The van der Waals surface area contributed by atoms with Crippen LogP contribution < -0.4 is 4.90 Å². The predicted octanol–water partition coefficient (Wildman–Crippen LogP) is 5.43. The van der Waals surface area contributed by atoms with Crippen LogP contribution in [0.4, 0.5) is 36.8 Å². The zero-order valence-electron chi connectivity index (χ0n) is 23.6. The first-order valence-electron chi connectivity index (χ1n) is 14.0. The molecule has 1 saturated carbocycles. The summed E-state index contributed by atoms with van der Waals surface area (Å²) in [5.41, 5.74) is -2.54. The second kappa shape index (κ2) is 9.70. The number of amides is 2. The van der Waals surface area contributed by atoms with Gasteiger partial charge in [0, 0.05) is 66.4 Å². The predicted molar refractivity (Wildman–Crippen MR) is 144 cm³/mol. The zero-order valence-corrected chi connectivity index (χ0v) is 24.5. The summed E-state index contributed by atoms with van der Waals surface area (Å²) in [6, 6.07) is -0.288. The highest BCUT2D eigenvalue weighted by atomic mass is 32.1. The summed E-state index contributed by atoms with van der Waals surface area (Å²) in [4.78, 5) is 47.7. The Bertz CT molecular complexity index is 1480. The summed E-state index contributed by atoms with van der Waals surface area (Å²) in [6.45, 7) is 5.92. The number of ether oxygens (including phenoxy) is 1. The normalized spacial score (nSPS) is 25.3. The van der Waals surface area contributed by atoms with Gasteiger partial charge in [-0.3, -0.25) is 14.5 Å². The Hall–Kier alpha value is -3.10. The van der Waals surface area contributed by atoms with Crippen LogP contribution in [0, 0.1) is 11.3 Å². The van der Waals surface area contributed by atoms with Crippen molar-refractivity contribution in [3.8, 4) is 0 Å². The van der Waals surface area contributed by atoms with Crippen LogP contribution in [0.3, 0.4) is 0 Å². The number of carbonyl (C=O) groups excluding carboxylic acids is 3. The first-order chi connectivity index (χ1) is 19.8. The third kappa shape index (κ3) is 5.42. The number of hydrogen-bond acceptors (Lipinski definition) is 7. The minimum absolute atomic E-state index is 0.0194. The number of thiophene rings is 1. The zero-order chi connectivity index (χ0) is 31.3. The van der Waals surface area contributed by atoms with Crippen LogP contribution in [0.2, 0.25) is 0 Å². The third-order valence-electron chi connectivity index (χ3n) is 8.59. The number of hydrogen-bond donors (Lipinski definition) is 0. The summed E-state index contributed by atoms with van der Waals surface area (Å²) < 4.78 is 86.5.